The minimum atomic E-state index is -0.938. The molecule has 1 fully saturated rings. The third-order valence-electron chi connectivity index (χ3n) is 7.25. The van der Waals surface area contributed by atoms with Gasteiger partial charge in [-0.05, 0) is 36.6 Å². The van der Waals surface area contributed by atoms with Gasteiger partial charge in [0.1, 0.15) is 0 Å². The second-order valence-corrected chi connectivity index (χ2v) is 8.71. The molecule has 1 spiro atoms. The third-order valence-corrected chi connectivity index (χ3v) is 7.25. The van der Waals surface area contributed by atoms with Crippen molar-refractivity contribution in [3.63, 3.8) is 0 Å². The summed E-state index contributed by atoms with van der Waals surface area (Å²) in [5.74, 6) is 0.569. The number of carbonyl (C=O) groups excluding carboxylic acids is 2. The Bertz CT molecular complexity index is 1000. The van der Waals surface area contributed by atoms with Crippen LogP contribution in [-0.2, 0) is 30.9 Å². The predicted octanol–water partition coefficient (Wildman–Crippen LogP) is 2.31. The van der Waals surface area contributed by atoms with Crippen molar-refractivity contribution in [3.05, 3.63) is 48.1 Å². The Morgan fingerprint density at radius 1 is 1.32 bits per heavy atom. The van der Waals surface area contributed by atoms with E-state index >= 15 is 0 Å². The van der Waals surface area contributed by atoms with Gasteiger partial charge in [-0.25, -0.2) is 0 Å². The van der Waals surface area contributed by atoms with E-state index in [1.54, 1.807) is 7.11 Å². The molecule has 164 valence electrons. The molecular weight excluding hydrogens is 398 g/mol. The van der Waals surface area contributed by atoms with Crippen molar-refractivity contribution in [1.29, 1.82) is 0 Å². The quantitative estimate of drug-likeness (QED) is 0.529. The van der Waals surface area contributed by atoms with Gasteiger partial charge in [-0.1, -0.05) is 12.1 Å². The number of hydrogen-bond acceptors (Lipinski definition) is 7. The number of hydrogen-bond donors (Lipinski definition) is 0. The lowest BCUT2D eigenvalue weighted by atomic mass is 9.50. The van der Waals surface area contributed by atoms with E-state index in [2.05, 4.69) is 17.5 Å². The number of carbonyl (C=O) groups is 2. The molecule has 2 aliphatic heterocycles. The maximum atomic E-state index is 12.4. The first-order valence-electron chi connectivity index (χ1n) is 10.7. The topological polar surface area (TPSA) is 74.3 Å². The second kappa shape index (κ2) is 6.85. The molecule has 2 aliphatic carbocycles. The molecule has 1 saturated heterocycles. The molecule has 0 aromatic heterocycles. The van der Waals surface area contributed by atoms with Crippen LogP contribution in [0.3, 0.4) is 0 Å². The van der Waals surface area contributed by atoms with E-state index in [4.69, 9.17) is 18.9 Å². The zero-order chi connectivity index (χ0) is 22.0. The van der Waals surface area contributed by atoms with E-state index in [-0.39, 0.29) is 18.0 Å². The molecule has 31 heavy (non-hydrogen) atoms. The van der Waals surface area contributed by atoms with E-state index in [1.165, 1.54) is 13.8 Å². The highest BCUT2D eigenvalue weighted by Gasteiger charge is 2.74. The normalized spacial score (nSPS) is 34.4. The molecule has 2 heterocycles. The summed E-state index contributed by atoms with van der Waals surface area (Å²) in [7, 11) is 1.61. The Labute approximate surface area is 181 Å². The van der Waals surface area contributed by atoms with Gasteiger partial charge < -0.3 is 18.9 Å². The van der Waals surface area contributed by atoms with Crippen molar-refractivity contribution >= 4 is 11.9 Å². The van der Waals surface area contributed by atoms with Gasteiger partial charge in [-0.15, -0.1) is 6.58 Å². The minimum Gasteiger partial charge on any atom is -0.493 e. The summed E-state index contributed by atoms with van der Waals surface area (Å²) in [5, 5.41) is 0. The molecule has 1 aromatic rings. The monoisotopic (exact) mass is 425 g/mol. The van der Waals surface area contributed by atoms with Gasteiger partial charge in [-0.3, -0.25) is 14.5 Å². The molecule has 2 bridgehead atoms. The number of likely N-dealkylation sites (tertiary alicyclic amines) is 1. The number of benzene rings is 1. The number of methoxy groups -OCH3 is 1. The maximum absolute atomic E-state index is 12.4. The highest BCUT2D eigenvalue weighted by Crippen LogP contribution is 2.65. The molecule has 0 N–H and O–H groups in total. The highest BCUT2D eigenvalue weighted by molar-refractivity contribution is 5.71. The number of piperidine rings is 1. The number of esters is 2. The molecule has 7 heteroatoms. The van der Waals surface area contributed by atoms with Crippen molar-refractivity contribution < 1.29 is 28.5 Å². The summed E-state index contributed by atoms with van der Waals surface area (Å²) in [6.45, 7) is 8.23. The molecule has 4 aliphatic rings. The van der Waals surface area contributed by atoms with Crippen LogP contribution in [0.15, 0.2) is 36.9 Å². The van der Waals surface area contributed by atoms with Gasteiger partial charge in [-0.2, -0.15) is 0 Å². The lowest BCUT2D eigenvalue weighted by molar-refractivity contribution is -0.198. The molecular formula is C24H27NO6. The average molecular weight is 425 g/mol. The second-order valence-electron chi connectivity index (χ2n) is 8.71. The molecule has 0 saturated carbocycles. The Balaban J connectivity index is 1.80. The molecule has 0 unspecified atom stereocenters. The van der Waals surface area contributed by atoms with Gasteiger partial charge in [0.15, 0.2) is 29.3 Å². The van der Waals surface area contributed by atoms with Crippen LogP contribution in [0.5, 0.6) is 11.5 Å². The van der Waals surface area contributed by atoms with Crippen LogP contribution in [0, 0.1) is 0 Å². The summed E-state index contributed by atoms with van der Waals surface area (Å²) < 4.78 is 24.1. The van der Waals surface area contributed by atoms with Gasteiger partial charge >= 0.3 is 11.9 Å². The van der Waals surface area contributed by atoms with Gasteiger partial charge in [0.25, 0.3) is 0 Å². The number of rotatable bonds is 5. The van der Waals surface area contributed by atoms with Crippen LogP contribution < -0.4 is 9.47 Å². The fourth-order valence-corrected chi connectivity index (χ4v) is 6.38. The lowest BCUT2D eigenvalue weighted by Crippen LogP contribution is -2.76. The smallest absolute Gasteiger partial charge is 0.303 e. The van der Waals surface area contributed by atoms with Crippen molar-refractivity contribution in [2.24, 2.45) is 0 Å². The first-order chi connectivity index (χ1) is 14.9. The summed E-state index contributed by atoms with van der Waals surface area (Å²) in [5.41, 5.74) is 0.560. The molecule has 0 radical (unpaired) electrons. The van der Waals surface area contributed by atoms with Crippen molar-refractivity contribution in [3.8, 4) is 11.5 Å². The molecule has 1 aromatic carbocycles. The average Bonchev–Trinajstić information content (AvgIpc) is 3.06. The molecule has 7 nitrogen and oxygen atoms in total. The zero-order valence-corrected chi connectivity index (χ0v) is 18.1. The fraction of sp³-hybridized carbons (Fsp3) is 0.500. The predicted molar refractivity (Wildman–Crippen MR) is 112 cm³/mol. The van der Waals surface area contributed by atoms with Gasteiger partial charge in [0, 0.05) is 32.5 Å². The van der Waals surface area contributed by atoms with Crippen LogP contribution in [0.1, 0.15) is 31.4 Å². The zero-order valence-electron chi connectivity index (χ0n) is 18.1. The molecule has 5 atom stereocenters. The molecule has 0 amide bonds. The SMILES string of the molecule is C=CCN1CC[C@]23c4c5ccc(OC)c4O[C@H]2[C@@H](OC(C)=O)C=C[C@@]3(OC(C)=O)[C@H]1C5. The minimum absolute atomic E-state index is 0.0874. The van der Waals surface area contributed by atoms with Crippen LogP contribution in [-0.4, -0.2) is 60.9 Å². The largest absolute Gasteiger partial charge is 0.493 e. The van der Waals surface area contributed by atoms with E-state index in [1.807, 2.05) is 24.3 Å². The summed E-state index contributed by atoms with van der Waals surface area (Å²) >= 11 is 0. The first-order valence-corrected chi connectivity index (χ1v) is 10.7. The number of ether oxygens (including phenoxy) is 4. The molecule has 5 rings (SSSR count). The van der Waals surface area contributed by atoms with Crippen LogP contribution in [0.4, 0.5) is 0 Å². The van der Waals surface area contributed by atoms with E-state index < -0.39 is 23.2 Å². The van der Waals surface area contributed by atoms with Crippen LogP contribution in [0.2, 0.25) is 0 Å². The summed E-state index contributed by atoms with van der Waals surface area (Å²) in [6.07, 6.45) is 5.93. The Hall–Kier alpha value is -2.80. The Morgan fingerprint density at radius 2 is 2.13 bits per heavy atom. The fourth-order valence-electron chi connectivity index (χ4n) is 6.38. The van der Waals surface area contributed by atoms with E-state index in [0.717, 1.165) is 17.7 Å². The van der Waals surface area contributed by atoms with Gasteiger partial charge in [0.05, 0.1) is 18.6 Å². The van der Waals surface area contributed by atoms with Gasteiger partial charge in [0.2, 0.25) is 0 Å². The summed E-state index contributed by atoms with van der Waals surface area (Å²) in [4.78, 5) is 26.6. The summed E-state index contributed by atoms with van der Waals surface area (Å²) in [6, 6.07) is 3.91. The lowest BCUT2D eigenvalue weighted by Gasteiger charge is -2.62. The Kier molecular flexibility index (Phi) is 4.45. The third kappa shape index (κ3) is 2.50. The highest BCUT2D eigenvalue weighted by atomic mass is 16.6. The first kappa shape index (κ1) is 20.1. The van der Waals surface area contributed by atoms with Crippen molar-refractivity contribution in [2.75, 3.05) is 20.2 Å². The van der Waals surface area contributed by atoms with Crippen molar-refractivity contribution in [1.82, 2.24) is 4.90 Å². The van der Waals surface area contributed by atoms with E-state index in [9.17, 15) is 9.59 Å². The Morgan fingerprint density at radius 3 is 2.81 bits per heavy atom. The van der Waals surface area contributed by atoms with Crippen molar-refractivity contribution in [2.45, 2.75) is 56.0 Å². The maximum Gasteiger partial charge on any atom is 0.303 e. The standard InChI is InChI=1S/C24H27NO6/c1-5-11-25-12-10-23-20-16-6-7-17(28-4)21(20)30-22(23)18(29-14(2)26)8-9-24(23,19(25)13-16)31-15(3)27/h5-9,18-19,22H,1,10-13H2,2-4H3/t18-,19+,22-,23-,24+/m0/s1. The number of nitrogens with zero attached hydrogens (tertiary/aromatic N) is 1. The van der Waals surface area contributed by atoms with Crippen LogP contribution >= 0.6 is 0 Å². The van der Waals surface area contributed by atoms with Crippen LogP contribution in [0.25, 0.3) is 0 Å². The van der Waals surface area contributed by atoms with E-state index in [0.29, 0.717) is 30.9 Å².